The van der Waals surface area contributed by atoms with Crippen LogP contribution >= 0.6 is 34.2 Å². The van der Waals surface area contributed by atoms with E-state index in [9.17, 15) is 10.1 Å². The number of nitrogens with zero attached hydrogens (tertiary/aromatic N) is 2. The third-order valence-corrected chi connectivity index (χ3v) is 2.55. The van der Waals surface area contributed by atoms with E-state index in [1.807, 2.05) is 0 Å². The van der Waals surface area contributed by atoms with E-state index in [0.717, 1.165) is 0 Å². The summed E-state index contributed by atoms with van der Waals surface area (Å²) in [5, 5.41) is 10.8. The van der Waals surface area contributed by atoms with Crippen LogP contribution in [0, 0.1) is 20.7 Å². The van der Waals surface area contributed by atoms with E-state index >= 15 is 0 Å². The van der Waals surface area contributed by atoms with Crippen LogP contribution in [0.2, 0.25) is 5.02 Å². The quantitative estimate of drug-likeness (QED) is 0.346. The molecule has 0 saturated heterocycles. The molecular formula is C6H4ClIN2O2. The summed E-state index contributed by atoms with van der Waals surface area (Å²) in [6.45, 7) is 1.60. The molecule has 64 valence electrons. The van der Waals surface area contributed by atoms with Crippen LogP contribution in [0.1, 0.15) is 5.56 Å². The molecule has 0 spiro atoms. The average Bonchev–Trinajstić information content (AvgIpc) is 1.97. The number of halogens is 2. The summed E-state index contributed by atoms with van der Waals surface area (Å²) in [7, 11) is 0. The molecule has 4 nitrogen and oxygen atoms in total. The van der Waals surface area contributed by atoms with E-state index in [1.54, 1.807) is 29.5 Å². The lowest BCUT2D eigenvalue weighted by molar-refractivity contribution is -0.386. The highest BCUT2D eigenvalue weighted by molar-refractivity contribution is 14.1. The van der Waals surface area contributed by atoms with Gasteiger partial charge in [0.1, 0.15) is 0 Å². The summed E-state index contributed by atoms with van der Waals surface area (Å²) in [4.78, 5) is 13.8. The molecule has 0 amide bonds. The highest BCUT2D eigenvalue weighted by Gasteiger charge is 2.18. The van der Waals surface area contributed by atoms with Gasteiger partial charge in [-0.15, -0.1) is 0 Å². The van der Waals surface area contributed by atoms with Gasteiger partial charge in [0.05, 0.1) is 9.95 Å². The first-order valence-corrected chi connectivity index (χ1v) is 4.44. The van der Waals surface area contributed by atoms with Crippen molar-refractivity contribution in [2.75, 3.05) is 0 Å². The normalized spacial score (nSPS) is 9.92. The maximum atomic E-state index is 10.5. The van der Waals surface area contributed by atoms with Gasteiger partial charge in [-0.1, -0.05) is 11.6 Å². The van der Waals surface area contributed by atoms with Crippen molar-refractivity contribution in [3.8, 4) is 0 Å². The topological polar surface area (TPSA) is 56.0 Å². The average molecular weight is 298 g/mol. The van der Waals surface area contributed by atoms with Crippen molar-refractivity contribution in [2.24, 2.45) is 0 Å². The summed E-state index contributed by atoms with van der Waals surface area (Å²) in [5.74, 6) is 0. The van der Waals surface area contributed by atoms with Gasteiger partial charge in [-0.2, -0.15) is 0 Å². The molecule has 0 saturated carbocycles. The second-order valence-corrected chi connectivity index (χ2v) is 3.56. The van der Waals surface area contributed by atoms with E-state index in [2.05, 4.69) is 4.98 Å². The molecule has 0 aliphatic rings. The molecule has 0 aromatic carbocycles. The number of aromatic nitrogens is 1. The number of pyridine rings is 1. The van der Waals surface area contributed by atoms with Crippen molar-refractivity contribution in [3.05, 3.63) is 30.6 Å². The summed E-state index contributed by atoms with van der Waals surface area (Å²) in [6, 6.07) is 0. The van der Waals surface area contributed by atoms with Crippen molar-refractivity contribution in [2.45, 2.75) is 6.92 Å². The Morgan fingerprint density at radius 2 is 2.33 bits per heavy atom. The van der Waals surface area contributed by atoms with Gasteiger partial charge in [0.15, 0.2) is 3.70 Å². The Kier molecular flexibility index (Phi) is 2.84. The summed E-state index contributed by atoms with van der Waals surface area (Å²) < 4.78 is 0.361. The van der Waals surface area contributed by atoms with Crippen LogP contribution in [0.5, 0.6) is 0 Å². The van der Waals surface area contributed by atoms with Gasteiger partial charge in [-0.25, -0.2) is 4.98 Å². The fourth-order valence-corrected chi connectivity index (χ4v) is 1.63. The molecule has 0 unspecified atom stereocenters. The molecular weight excluding hydrogens is 294 g/mol. The van der Waals surface area contributed by atoms with Gasteiger partial charge in [0, 0.05) is 11.8 Å². The molecule has 0 atom stereocenters. The fraction of sp³-hybridized carbons (Fsp3) is 0.167. The molecule has 0 radical (unpaired) electrons. The highest BCUT2D eigenvalue weighted by Crippen LogP contribution is 2.27. The van der Waals surface area contributed by atoms with Gasteiger partial charge < -0.3 is 0 Å². The number of rotatable bonds is 1. The van der Waals surface area contributed by atoms with E-state index in [1.165, 1.54) is 6.20 Å². The Morgan fingerprint density at radius 3 is 2.75 bits per heavy atom. The molecule has 0 aliphatic heterocycles. The van der Waals surface area contributed by atoms with Crippen LogP contribution in [0.3, 0.4) is 0 Å². The monoisotopic (exact) mass is 298 g/mol. The van der Waals surface area contributed by atoms with E-state index in [0.29, 0.717) is 14.3 Å². The largest absolute Gasteiger partial charge is 0.305 e. The summed E-state index contributed by atoms with van der Waals surface area (Å²) >= 11 is 7.47. The standard InChI is InChI=1S/C6H4ClIN2O2/c1-3-4(7)2-9-6(8)5(3)10(11)12/h2H,1H3. The van der Waals surface area contributed by atoms with Gasteiger partial charge in [0.2, 0.25) is 0 Å². The predicted octanol–water partition coefficient (Wildman–Crippen LogP) is 2.56. The molecule has 1 aromatic rings. The fourth-order valence-electron chi connectivity index (χ4n) is 0.751. The second-order valence-electron chi connectivity index (χ2n) is 2.13. The van der Waals surface area contributed by atoms with Gasteiger partial charge in [-0.3, -0.25) is 10.1 Å². The molecule has 1 heterocycles. The summed E-state index contributed by atoms with van der Waals surface area (Å²) in [5.41, 5.74) is 0.448. The van der Waals surface area contributed by atoms with Crippen LogP contribution in [-0.2, 0) is 0 Å². The molecule has 0 aliphatic carbocycles. The molecule has 0 N–H and O–H groups in total. The van der Waals surface area contributed by atoms with Crippen molar-refractivity contribution >= 4 is 39.9 Å². The highest BCUT2D eigenvalue weighted by atomic mass is 127. The Hall–Kier alpha value is -0.430. The Morgan fingerprint density at radius 1 is 1.75 bits per heavy atom. The molecule has 1 rings (SSSR count). The lowest BCUT2D eigenvalue weighted by Crippen LogP contribution is -1.97. The predicted molar refractivity (Wildman–Crippen MR) is 53.4 cm³/mol. The maximum absolute atomic E-state index is 10.5. The Balaban J connectivity index is 3.43. The van der Waals surface area contributed by atoms with E-state index in [4.69, 9.17) is 11.6 Å². The van der Waals surface area contributed by atoms with Crippen molar-refractivity contribution < 1.29 is 4.92 Å². The SMILES string of the molecule is Cc1c(Cl)cnc(I)c1[N+](=O)[O-]. The van der Waals surface area contributed by atoms with Crippen LogP contribution < -0.4 is 0 Å². The van der Waals surface area contributed by atoms with E-state index < -0.39 is 4.92 Å². The van der Waals surface area contributed by atoms with Crippen molar-refractivity contribution in [1.29, 1.82) is 0 Å². The molecule has 12 heavy (non-hydrogen) atoms. The van der Waals surface area contributed by atoms with Crippen LogP contribution in [0.15, 0.2) is 6.20 Å². The van der Waals surface area contributed by atoms with Crippen LogP contribution in [0.25, 0.3) is 0 Å². The zero-order valence-corrected chi connectivity index (χ0v) is 8.96. The first-order chi connectivity index (χ1) is 5.54. The minimum Gasteiger partial charge on any atom is -0.258 e. The van der Waals surface area contributed by atoms with Gasteiger partial charge in [0.25, 0.3) is 0 Å². The second kappa shape index (κ2) is 3.53. The molecule has 0 bridgehead atoms. The zero-order chi connectivity index (χ0) is 9.30. The van der Waals surface area contributed by atoms with E-state index in [-0.39, 0.29) is 5.69 Å². The number of hydrogen-bond donors (Lipinski definition) is 0. The van der Waals surface area contributed by atoms with Crippen LogP contribution in [-0.4, -0.2) is 9.91 Å². The summed E-state index contributed by atoms with van der Waals surface area (Å²) in [6.07, 6.45) is 1.41. The number of nitro groups is 1. The van der Waals surface area contributed by atoms with Crippen LogP contribution in [0.4, 0.5) is 5.69 Å². The van der Waals surface area contributed by atoms with Crippen molar-refractivity contribution in [1.82, 2.24) is 4.98 Å². The lowest BCUT2D eigenvalue weighted by Gasteiger charge is -1.99. The Bertz CT molecular complexity index is 343. The number of hydrogen-bond acceptors (Lipinski definition) is 3. The molecule has 6 heteroatoms. The van der Waals surface area contributed by atoms with Crippen molar-refractivity contribution in [3.63, 3.8) is 0 Å². The third kappa shape index (κ3) is 1.66. The van der Waals surface area contributed by atoms with Gasteiger partial charge >= 0.3 is 5.69 Å². The maximum Gasteiger partial charge on any atom is 0.305 e. The Labute approximate surface area is 87.2 Å². The lowest BCUT2D eigenvalue weighted by atomic mass is 10.2. The minimum atomic E-state index is -0.476. The smallest absolute Gasteiger partial charge is 0.258 e. The first-order valence-electron chi connectivity index (χ1n) is 2.99. The zero-order valence-electron chi connectivity index (χ0n) is 6.04. The third-order valence-electron chi connectivity index (χ3n) is 1.38. The molecule has 0 fully saturated rings. The first kappa shape index (κ1) is 9.66. The molecule has 1 aromatic heterocycles. The van der Waals surface area contributed by atoms with Gasteiger partial charge in [-0.05, 0) is 29.5 Å². The minimum absolute atomic E-state index is 0.0110.